The molecular weight excluding hydrogens is 294 g/mol. The molecule has 0 aliphatic carbocycles. The molecule has 1 aromatic heterocycles. The highest BCUT2D eigenvalue weighted by Gasteiger charge is 2.06. The SMILES string of the molecule is Nc1cc(Cl)c(F)cc1NCCc1ccc(Cl)s1. The van der Waals surface area contributed by atoms with Gasteiger partial charge in [0, 0.05) is 17.5 Å². The smallest absolute Gasteiger partial charge is 0.143 e. The molecule has 6 heteroatoms. The number of halogens is 3. The first-order valence-corrected chi connectivity index (χ1v) is 6.86. The molecule has 0 unspecified atom stereocenters. The lowest BCUT2D eigenvalue weighted by atomic mass is 10.2. The number of nitrogens with one attached hydrogen (secondary N) is 1. The van der Waals surface area contributed by atoms with Crippen molar-refractivity contribution >= 4 is 45.9 Å². The Morgan fingerprint density at radius 1 is 1.28 bits per heavy atom. The predicted molar refractivity (Wildman–Crippen MR) is 77.3 cm³/mol. The Kier molecular flexibility index (Phi) is 4.32. The van der Waals surface area contributed by atoms with E-state index in [1.807, 2.05) is 12.1 Å². The van der Waals surface area contributed by atoms with Gasteiger partial charge in [0.15, 0.2) is 0 Å². The van der Waals surface area contributed by atoms with Gasteiger partial charge in [-0.05, 0) is 24.6 Å². The lowest BCUT2D eigenvalue weighted by Crippen LogP contribution is -2.06. The van der Waals surface area contributed by atoms with E-state index in [0.29, 0.717) is 17.9 Å². The van der Waals surface area contributed by atoms with E-state index in [9.17, 15) is 4.39 Å². The quantitative estimate of drug-likeness (QED) is 0.820. The molecule has 18 heavy (non-hydrogen) atoms. The Hall–Kier alpha value is -0.970. The molecular formula is C12H11Cl2FN2S. The van der Waals surface area contributed by atoms with Gasteiger partial charge in [-0.3, -0.25) is 0 Å². The van der Waals surface area contributed by atoms with Gasteiger partial charge in [0.2, 0.25) is 0 Å². The highest BCUT2D eigenvalue weighted by molar-refractivity contribution is 7.16. The van der Waals surface area contributed by atoms with E-state index in [-0.39, 0.29) is 5.02 Å². The van der Waals surface area contributed by atoms with E-state index >= 15 is 0 Å². The van der Waals surface area contributed by atoms with Crippen molar-refractivity contribution in [2.75, 3.05) is 17.6 Å². The van der Waals surface area contributed by atoms with Gasteiger partial charge in [0.05, 0.1) is 20.7 Å². The maximum absolute atomic E-state index is 13.3. The summed E-state index contributed by atoms with van der Waals surface area (Å²) in [6, 6.07) is 6.54. The number of nitrogen functional groups attached to an aromatic ring is 1. The highest BCUT2D eigenvalue weighted by atomic mass is 35.5. The molecule has 0 saturated carbocycles. The largest absolute Gasteiger partial charge is 0.397 e. The fourth-order valence-electron chi connectivity index (χ4n) is 1.52. The predicted octanol–water partition coefficient (Wildman–Crippen LogP) is 4.43. The highest BCUT2D eigenvalue weighted by Crippen LogP contribution is 2.26. The molecule has 0 atom stereocenters. The minimum atomic E-state index is -0.479. The van der Waals surface area contributed by atoms with Gasteiger partial charge in [-0.1, -0.05) is 23.2 Å². The second-order valence-corrected chi connectivity index (χ2v) is 5.94. The van der Waals surface area contributed by atoms with E-state index in [0.717, 1.165) is 10.8 Å². The van der Waals surface area contributed by atoms with Gasteiger partial charge in [0.1, 0.15) is 5.82 Å². The molecule has 3 N–H and O–H groups in total. The van der Waals surface area contributed by atoms with Gasteiger partial charge >= 0.3 is 0 Å². The van der Waals surface area contributed by atoms with Gasteiger partial charge in [-0.2, -0.15) is 0 Å². The zero-order valence-electron chi connectivity index (χ0n) is 9.34. The summed E-state index contributed by atoms with van der Waals surface area (Å²) in [4.78, 5) is 1.17. The molecule has 2 rings (SSSR count). The molecule has 2 aromatic rings. The number of rotatable bonds is 4. The molecule has 2 nitrogen and oxygen atoms in total. The molecule has 1 aromatic carbocycles. The van der Waals surface area contributed by atoms with Gasteiger partial charge in [-0.25, -0.2) is 4.39 Å². The van der Waals surface area contributed by atoms with Crippen molar-refractivity contribution in [1.29, 1.82) is 0 Å². The minimum Gasteiger partial charge on any atom is -0.397 e. The van der Waals surface area contributed by atoms with Crippen LogP contribution in [-0.4, -0.2) is 6.54 Å². The van der Waals surface area contributed by atoms with Crippen molar-refractivity contribution in [3.63, 3.8) is 0 Å². The van der Waals surface area contributed by atoms with Crippen molar-refractivity contribution < 1.29 is 4.39 Å². The average Bonchev–Trinajstić information content (AvgIpc) is 2.71. The normalized spacial score (nSPS) is 10.6. The molecule has 0 bridgehead atoms. The molecule has 96 valence electrons. The molecule has 0 amide bonds. The fraction of sp³-hybridized carbons (Fsp3) is 0.167. The zero-order valence-corrected chi connectivity index (χ0v) is 11.7. The average molecular weight is 305 g/mol. The summed E-state index contributed by atoms with van der Waals surface area (Å²) in [5.74, 6) is -0.479. The summed E-state index contributed by atoms with van der Waals surface area (Å²) in [6.45, 7) is 0.655. The zero-order chi connectivity index (χ0) is 13.1. The number of thiophene rings is 1. The van der Waals surface area contributed by atoms with E-state index in [2.05, 4.69) is 5.32 Å². The maximum Gasteiger partial charge on any atom is 0.143 e. The van der Waals surface area contributed by atoms with Crippen LogP contribution >= 0.6 is 34.5 Å². The topological polar surface area (TPSA) is 38.0 Å². The third-order valence-corrected chi connectivity index (χ3v) is 3.99. The van der Waals surface area contributed by atoms with Crippen LogP contribution in [0.3, 0.4) is 0 Å². The summed E-state index contributed by atoms with van der Waals surface area (Å²) < 4.78 is 14.0. The van der Waals surface area contributed by atoms with Crippen molar-refractivity contribution in [2.24, 2.45) is 0 Å². The second kappa shape index (κ2) is 5.78. The Balaban J connectivity index is 1.96. The third-order valence-electron chi connectivity index (χ3n) is 2.41. The number of hydrogen-bond donors (Lipinski definition) is 2. The minimum absolute atomic E-state index is 0.0306. The van der Waals surface area contributed by atoms with Crippen LogP contribution in [0.5, 0.6) is 0 Å². The first-order chi connectivity index (χ1) is 8.56. The molecule has 0 spiro atoms. The van der Waals surface area contributed by atoms with E-state index < -0.39 is 5.82 Å². The van der Waals surface area contributed by atoms with Crippen LogP contribution in [0.15, 0.2) is 24.3 Å². The van der Waals surface area contributed by atoms with E-state index in [4.69, 9.17) is 28.9 Å². The van der Waals surface area contributed by atoms with Crippen molar-refractivity contribution in [3.8, 4) is 0 Å². The Labute approximate surface area is 119 Å². The van der Waals surface area contributed by atoms with Crippen molar-refractivity contribution in [1.82, 2.24) is 0 Å². The van der Waals surface area contributed by atoms with Crippen LogP contribution in [0.1, 0.15) is 4.88 Å². The Morgan fingerprint density at radius 2 is 2.06 bits per heavy atom. The van der Waals surface area contributed by atoms with Gasteiger partial charge in [0.25, 0.3) is 0 Å². The van der Waals surface area contributed by atoms with Crippen molar-refractivity contribution in [3.05, 3.63) is 44.3 Å². The Bertz CT molecular complexity index is 557. The van der Waals surface area contributed by atoms with Crippen LogP contribution in [0, 0.1) is 5.82 Å². The van der Waals surface area contributed by atoms with Crippen LogP contribution in [-0.2, 0) is 6.42 Å². The summed E-state index contributed by atoms with van der Waals surface area (Å²) >= 11 is 13.0. The standard InChI is InChI=1S/C12H11Cl2FN2S/c13-8-5-10(16)11(6-9(8)15)17-4-3-7-1-2-12(14)18-7/h1-2,5-6,17H,3-4,16H2. The summed E-state index contributed by atoms with van der Waals surface area (Å²) in [6.07, 6.45) is 0.807. The molecule has 0 aliphatic heterocycles. The van der Waals surface area contributed by atoms with Crippen LogP contribution in [0.25, 0.3) is 0 Å². The molecule has 0 fully saturated rings. The molecule has 0 radical (unpaired) electrons. The van der Waals surface area contributed by atoms with Gasteiger partial charge in [-0.15, -0.1) is 11.3 Å². The summed E-state index contributed by atoms with van der Waals surface area (Å²) in [5, 5.41) is 3.11. The van der Waals surface area contributed by atoms with Crippen molar-refractivity contribution in [2.45, 2.75) is 6.42 Å². The summed E-state index contributed by atoms with van der Waals surface area (Å²) in [5.41, 5.74) is 6.73. The monoisotopic (exact) mass is 304 g/mol. The molecule has 0 aliphatic rings. The summed E-state index contributed by atoms with van der Waals surface area (Å²) in [7, 11) is 0. The van der Waals surface area contributed by atoms with E-state index in [1.165, 1.54) is 28.3 Å². The first-order valence-electron chi connectivity index (χ1n) is 5.29. The lowest BCUT2D eigenvalue weighted by Gasteiger charge is -2.09. The van der Waals surface area contributed by atoms with Crippen LogP contribution < -0.4 is 11.1 Å². The number of nitrogens with two attached hydrogens (primary N) is 1. The van der Waals surface area contributed by atoms with E-state index in [1.54, 1.807) is 0 Å². The number of benzene rings is 1. The van der Waals surface area contributed by atoms with Crippen LogP contribution in [0.4, 0.5) is 15.8 Å². The second-order valence-electron chi connectivity index (χ2n) is 3.74. The Morgan fingerprint density at radius 3 is 2.72 bits per heavy atom. The fourth-order valence-corrected chi connectivity index (χ4v) is 2.78. The molecule has 0 saturated heterocycles. The molecule has 1 heterocycles. The number of hydrogen-bond acceptors (Lipinski definition) is 3. The number of anilines is 2. The maximum atomic E-state index is 13.3. The lowest BCUT2D eigenvalue weighted by molar-refractivity contribution is 0.629. The third kappa shape index (κ3) is 3.28. The first kappa shape index (κ1) is 13.5. The van der Waals surface area contributed by atoms with Crippen LogP contribution in [0.2, 0.25) is 9.36 Å². The van der Waals surface area contributed by atoms with Gasteiger partial charge < -0.3 is 11.1 Å².